The van der Waals surface area contributed by atoms with Crippen LogP contribution in [0.15, 0.2) is 22.6 Å². The minimum Gasteiger partial charge on any atom is -0.466 e. The minimum atomic E-state index is -0.0244. The summed E-state index contributed by atoms with van der Waals surface area (Å²) in [6.45, 7) is 6.00. The summed E-state index contributed by atoms with van der Waals surface area (Å²) in [6, 6.07) is 5.66. The molecule has 1 aromatic heterocycles. The van der Waals surface area contributed by atoms with Gasteiger partial charge in [0.05, 0.1) is 16.1 Å². The van der Waals surface area contributed by atoms with Crippen molar-refractivity contribution >= 4 is 23.2 Å². The molecule has 0 aliphatic rings. The van der Waals surface area contributed by atoms with E-state index in [1.807, 2.05) is 33.0 Å². The number of nitrogens with one attached hydrogen (secondary N) is 1. The molecular formula is C15H17Cl2NO. The third-order valence-corrected chi connectivity index (χ3v) is 4.32. The molecule has 4 heteroatoms. The maximum atomic E-state index is 6.33. The molecule has 0 aliphatic carbocycles. The van der Waals surface area contributed by atoms with Gasteiger partial charge in [0.2, 0.25) is 0 Å². The van der Waals surface area contributed by atoms with E-state index in [0.717, 1.165) is 28.2 Å². The van der Waals surface area contributed by atoms with Crippen molar-refractivity contribution in [2.24, 2.45) is 0 Å². The van der Waals surface area contributed by atoms with Crippen molar-refractivity contribution in [1.29, 1.82) is 0 Å². The fourth-order valence-corrected chi connectivity index (χ4v) is 2.85. The summed E-state index contributed by atoms with van der Waals surface area (Å²) in [5.74, 6) is 1.84. The molecule has 1 atom stereocenters. The summed E-state index contributed by atoms with van der Waals surface area (Å²) in [4.78, 5) is 0. The van der Waals surface area contributed by atoms with Crippen molar-refractivity contribution in [2.75, 3.05) is 7.05 Å². The maximum Gasteiger partial charge on any atom is 0.106 e. The van der Waals surface area contributed by atoms with Gasteiger partial charge >= 0.3 is 0 Å². The third kappa shape index (κ3) is 2.53. The lowest BCUT2D eigenvalue weighted by Crippen LogP contribution is -2.19. The first-order valence-electron chi connectivity index (χ1n) is 6.15. The van der Waals surface area contributed by atoms with Crippen LogP contribution in [0, 0.1) is 20.8 Å². The summed E-state index contributed by atoms with van der Waals surface area (Å²) >= 11 is 12.4. The molecule has 0 radical (unpaired) electrons. The number of hydrogen-bond donors (Lipinski definition) is 1. The van der Waals surface area contributed by atoms with Gasteiger partial charge in [-0.25, -0.2) is 0 Å². The second kappa shape index (κ2) is 5.58. The average molecular weight is 298 g/mol. The predicted molar refractivity (Wildman–Crippen MR) is 80.3 cm³/mol. The van der Waals surface area contributed by atoms with E-state index in [-0.39, 0.29) is 6.04 Å². The second-order valence-corrected chi connectivity index (χ2v) is 5.40. The Morgan fingerprint density at radius 1 is 1.11 bits per heavy atom. The molecular weight excluding hydrogens is 281 g/mol. The van der Waals surface area contributed by atoms with Gasteiger partial charge in [-0.1, -0.05) is 35.3 Å². The summed E-state index contributed by atoms with van der Waals surface area (Å²) in [5, 5.41) is 4.44. The van der Waals surface area contributed by atoms with Crippen molar-refractivity contribution < 1.29 is 4.42 Å². The normalized spacial score (nSPS) is 12.7. The van der Waals surface area contributed by atoms with Crippen LogP contribution in [0.25, 0.3) is 0 Å². The molecule has 0 bridgehead atoms. The van der Waals surface area contributed by atoms with Gasteiger partial charge in [-0.3, -0.25) is 0 Å². The van der Waals surface area contributed by atoms with Gasteiger partial charge in [0, 0.05) is 5.56 Å². The monoisotopic (exact) mass is 297 g/mol. The van der Waals surface area contributed by atoms with Gasteiger partial charge in [0.15, 0.2) is 0 Å². The molecule has 1 N–H and O–H groups in total. The summed E-state index contributed by atoms with van der Waals surface area (Å²) < 4.78 is 5.70. The van der Waals surface area contributed by atoms with Crippen molar-refractivity contribution in [3.63, 3.8) is 0 Å². The highest BCUT2D eigenvalue weighted by Crippen LogP contribution is 2.36. The molecule has 0 aliphatic heterocycles. The average Bonchev–Trinajstić information content (AvgIpc) is 2.62. The van der Waals surface area contributed by atoms with E-state index in [1.165, 1.54) is 0 Å². The topological polar surface area (TPSA) is 25.2 Å². The van der Waals surface area contributed by atoms with E-state index in [2.05, 4.69) is 12.2 Å². The van der Waals surface area contributed by atoms with Crippen LogP contribution in [0.1, 0.15) is 34.3 Å². The fraction of sp³-hybridized carbons (Fsp3) is 0.333. The van der Waals surface area contributed by atoms with Crippen molar-refractivity contribution in [1.82, 2.24) is 5.32 Å². The Balaban J connectivity index is 2.60. The Morgan fingerprint density at radius 3 is 2.32 bits per heavy atom. The van der Waals surface area contributed by atoms with Gasteiger partial charge in [0.25, 0.3) is 0 Å². The number of benzene rings is 1. The number of halogens is 2. The SMILES string of the molecule is CNC(c1cccc(Cl)c1Cl)c1c(C)oc(C)c1C. The molecule has 1 aromatic carbocycles. The Bertz CT molecular complexity index is 604. The van der Waals surface area contributed by atoms with Gasteiger partial charge in [-0.2, -0.15) is 0 Å². The molecule has 0 amide bonds. The van der Waals surface area contributed by atoms with E-state index in [4.69, 9.17) is 27.6 Å². The van der Waals surface area contributed by atoms with E-state index in [9.17, 15) is 0 Å². The van der Waals surface area contributed by atoms with Crippen molar-refractivity contribution in [3.05, 3.63) is 56.5 Å². The summed E-state index contributed by atoms with van der Waals surface area (Å²) in [6.07, 6.45) is 0. The zero-order valence-electron chi connectivity index (χ0n) is 11.5. The highest BCUT2D eigenvalue weighted by Gasteiger charge is 2.23. The summed E-state index contributed by atoms with van der Waals surface area (Å²) in [5.41, 5.74) is 3.24. The highest BCUT2D eigenvalue weighted by atomic mass is 35.5. The zero-order chi connectivity index (χ0) is 14.2. The first-order chi connectivity index (χ1) is 8.97. The van der Waals surface area contributed by atoms with E-state index < -0.39 is 0 Å². The minimum absolute atomic E-state index is 0.0244. The lowest BCUT2D eigenvalue weighted by molar-refractivity contribution is 0.496. The van der Waals surface area contributed by atoms with E-state index in [0.29, 0.717) is 10.0 Å². The number of furan rings is 1. The molecule has 102 valence electrons. The number of aryl methyl sites for hydroxylation is 2. The Kier molecular flexibility index (Phi) is 4.24. The quantitative estimate of drug-likeness (QED) is 0.878. The van der Waals surface area contributed by atoms with E-state index in [1.54, 1.807) is 6.07 Å². The zero-order valence-corrected chi connectivity index (χ0v) is 13.0. The first-order valence-corrected chi connectivity index (χ1v) is 6.90. The van der Waals surface area contributed by atoms with Crippen molar-refractivity contribution in [2.45, 2.75) is 26.8 Å². The van der Waals surface area contributed by atoms with Crippen LogP contribution in [-0.4, -0.2) is 7.05 Å². The molecule has 2 aromatic rings. The molecule has 0 saturated heterocycles. The lowest BCUT2D eigenvalue weighted by Gasteiger charge is -2.19. The van der Waals surface area contributed by atoms with Crippen LogP contribution in [0.4, 0.5) is 0 Å². The van der Waals surface area contributed by atoms with Crippen LogP contribution in [0.5, 0.6) is 0 Å². The Morgan fingerprint density at radius 2 is 1.79 bits per heavy atom. The van der Waals surface area contributed by atoms with Gasteiger partial charge in [-0.15, -0.1) is 0 Å². The second-order valence-electron chi connectivity index (χ2n) is 4.62. The molecule has 1 unspecified atom stereocenters. The molecule has 19 heavy (non-hydrogen) atoms. The van der Waals surface area contributed by atoms with Gasteiger partial charge in [-0.05, 0) is 45.0 Å². The highest BCUT2D eigenvalue weighted by molar-refractivity contribution is 6.42. The molecule has 0 saturated carbocycles. The van der Waals surface area contributed by atoms with Crippen molar-refractivity contribution in [3.8, 4) is 0 Å². The molecule has 1 heterocycles. The largest absolute Gasteiger partial charge is 0.466 e. The summed E-state index contributed by atoms with van der Waals surface area (Å²) in [7, 11) is 1.91. The van der Waals surface area contributed by atoms with Crippen LogP contribution < -0.4 is 5.32 Å². The van der Waals surface area contributed by atoms with E-state index >= 15 is 0 Å². The van der Waals surface area contributed by atoms with Gasteiger partial charge < -0.3 is 9.73 Å². The molecule has 2 rings (SSSR count). The Hall–Kier alpha value is -0.960. The predicted octanol–water partition coefficient (Wildman–Crippen LogP) is 4.82. The van der Waals surface area contributed by atoms with Crippen LogP contribution >= 0.6 is 23.2 Å². The fourth-order valence-electron chi connectivity index (χ4n) is 2.43. The molecule has 0 fully saturated rings. The molecule has 0 spiro atoms. The maximum absolute atomic E-state index is 6.33. The first kappa shape index (κ1) is 14.4. The smallest absolute Gasteiger partial charge is 0.106 e. The van der Waals surface area contributed by atoms with Crippen LogP contribution in [0.3, 0.4) is 0 Å². The van der Waals surface area contributed by atoms with Crippen LogP contribution in [-0.2, 0) is 0 Å². The van der Waals surface area contributed by atoms with Crippen LogP contribution in [0.2, 0.25) is 10.0 Å². The van der Waals surface area contributed by atoms with Gasteiger partial charge in [0.1, 0.15) is 11.5 Å². The Labute approximate surface area is 123 Å². The lowest BCUT2D eigenvalue weighted by atomic mass is 9.95. The number of hydrogen-bond acceptors (Lipinski definition) is 2. The number of rotatable bonds is 3. The molecule has 2 nitrogen and oxygen atoms in total. The third-order valence-electron chi connectivity index (χ3n) is 3.49. The standard InChI is InChI=1S/C15H17Cl2NO/c1-8-9(2)19-10(3)13(8)15(18-4)11-6-5-7-12(16)14(11)17/h5-7,15,18H,1-4H3.